The summed E-state index contributed by atoms with van der Waals surface area (Å²) in [5, 5.41) is 13.4. The van der Waals surface area contributed by atoms with E-state index in [1.165, 1.54) is 295 Å². The summed E-state index contributed by atoms with van der Waals surface area (Å²) in [5.74, 6) is 0.912. The monoisotopic (exact) mass is 899 g/mol. The molecular weight excluding hydrogens is 777 g/mol. The summed E-state index contributed by atoms with van der Waals surface area (Å²) in [6.45, 7) is 9.24. The maximum atomic E-state index is 15.1. The van der Waals surface area contributed by atoms with Crippen molar-refractivity contribution < 1.29 is 9.90 Å². The van der Waals surface area contributed by atoms with E-state index in [0.29, 0.717) is 18.1 Å². The molecule has 1 aliphatic rings. The van der Waals surface area contributed by atoms with Crippen molar-refractivity contribution in [2.45, 2.75) is 380 Å². The molecule has 0 heterocycles. The number of Topliss-reactive ketones (excluding diaryl/α,β-unsaturated/α-hetero) is 1. The van der Waals surface area contributed by atoms with E-state index in [-0.39, 0.29) is 0 Å². The molecule has 0 aromatic heterocycles. The van der Waals surface area contributed by atoms with Crippen LogP contribution in [0.2, 0.25) is 0 Å². The lowest BCUT2D eigenvalue weighted by Crippen LogP contribution is -2.55. The molecule has 1 rings (SSSR count). The molecule has 0 radical (unpaired) electrons. The van der Waals surface area contributed by atoms with Crippen molar-refractivity contribution in [3.05, 3.63) is 0 Å². The van der Waals surface area contributed by atoms with Crippen LogP contribution < -0.4 is 0 Å². The highest BCUT2D eigenvalue weighted by Gasteiger charge is 2.60. The van der Waals surface area contributed by atoms with Gasteiger partial charge in [-0.15, -0.1) is 0 Å². The zero-order valence-electron chi connectivity index (χ0n) is 45.1. The smallest absolute Gasteiger partial charge is 0.142 e. The Labute approximate surface area is 405 Å². The van der Waals surface area contributed by atoms with E-state index in [1.54, 1.807) is 0 Å². The Morgan fingerprint density at radius 3 is 0.750 bits per heavy atom. The number of hydrogen-bond acceptors (Lipinski definition) is 2. The van der Waals surface area contributed by atoms with E-state index < -0.39 is 11.0 Å². The SMILES string of the molecule is CCCCCCCCCCCCCCCCC(C(=O)CCCCCCCCCCCCC)(C1CC1)C(O)(CCCCCCCCCCCC)CCCCCCCCCCCCCCC. The average molecular weight is 900 g/mol. The third kappa shape index (κ3) is 33.2. The molecule has 0 amide bonds. The Kier molecular flexibility index (Phi) is 44.7. The number of rotatable bonds is 55. The molecule has 0 saturated heterocycles. The second-order valence-electron chi connectivity index (χ2n) is 22.3. The quantitative estimate of drug-likeness (QED) is 0.0618. The van der Waals surface area contributed by atoms with Gasteiger partial charge in [-0.25, -0.2) is 0 Å². The summed E-state index contributed by atoms with van der Waals surface area (Å²) in [6.07, 6.45) is 70.2. The maximum absolute atomic E-state index is 15.1. The van der Waals surface area contributed by atoms with E-state index in [0.717, 1.165) is 44.9 Å². The molecule has 1 fully saturated rings. The van der Waals surface area contributed by atoms with Crippen LogP contribution >= 0.6 is 0 Å². The minimum absolute atomic E-state index is 0.421. The van der Waals surface area contributed by atoms with Crippen LogP contribution in [0.1, 0.15) is 374 Å². The third-order valence-corrected chi connectivity index (χ3v) is 16.2. The molecule has 2 unspecified atom stereocenters. The van der Waals surface area contributed by atoms with E-state index >= 15 is 4.79 Å². The molecule has 0 spiro atoms. The highest BCUT2D eigenvalue weighted by atomic mass is 16.3. The van der Waals surface area contributed by atoms with Gasteiger partial charge in [-0.3, -0.25) is 4.79 Å². The molecule has 1 aliphatic carbocycles. The van der Waals surface area contributed by atoms with Gasteiger partial charge < -0.3 is 5.11 Å². The molecule has 1 saturated carbocycles. The fraction of sp³-hybridized carbons (Fsp3) is 0.984. The number of ketones is 1. The maximum Gasteiger partial charge on any atom is 0.142 e. The van der Waals surface area contributed by atoms with Crippen LogP contribution in [0.25, 0.3) is 0 Å². The zero-order chi connectivity index (χ0) is 46.3. The summed E-state index contributed by atoms with van der Waals surface area (Å²) in [5.41, 5.74) is -1.32. The summed E-state index contributed by atoms with van der Waals surface area (Å²) in [4.78, 5) is 15.1. The Morgan fingerprint density at radius 2 is 0.516 bits per heavy atom. The van der Waals surface area contributed by atoms with Crippen molar-refractivity contribution in [3.8, 4) is 0 Å². The van der Waals surface area contributed by atoms with Gasteiger partial charge in [0, 0.05) is 6.42 Å². The zero-order valence-corrected chi connectivity index (χ0v) is 45.1. The van der Waals surface area contributed by atoms with Crippen molar-refractivity contribution >= 4 is 5.78 Å². The molecule has 2 atom stereocenters. The predicted octanol–water partition coefficient (Wildman–Crippen LogP) is 22.0. The largest absolute Gasteiger partial charge is 0.389 e. The lowest BCUT2D eigenvalue weighted by atomic mass is 9.58. The second kappa shape index (κ2) is 46.4. The molecule has 0 aliphatic heterocycles. The first-order valence-corrected chi connectivity index (χ1v) is 30.8. The minimum atomic E-state index is -0.822. The Morgan fingerprint density at radius 1 is 0.312 bits per heavy atom. The fourth-order valence-corrected chi connectivity index (χ4v) is 11.7. The second-order valence-corrected chi connectivity index (χ2v) is 22.3. The lowest BCUT2D eigenvalue weighted by Gasteiger charge is -2.48. The van der Waals surface area contributed by atoms with Crippen LogP contribution in [0, 0.1) is 11.3 Å². The Bertz CT molecular complexity index is 939. The van der Waals surface area contributed by atoms with E-state index in [2.05, 4.69) is 27.7 Å². The molecule has 0 aromatic rings. The first-order valence-electron chi connectivity index (χ1n) is 30.8. The summed E-state index contributed by atoms with van der Waals surface area (Å²) < 4.78 is 0. The van der Waals surface area contributed by atoms with Crippen molar-refractivity contribution in [3.63, 3.8) is 0 Å². The number of aliphatic hydroxyl groups is 1. The van der Waals surface area contributed by atoms with E-state index in [9.17, 15) is 5.11 Å². The van der Waals surface area contributed by atoms with Gasteiger partial charge in [-0.2, -0.15) is 0 Å². The van der Waals surface area contributed by atoms with Crippen molar-refractivity contribution in [2.75, 3.05) is 0 Å². The lowest BCUT2D eigenvalue weighted by molar-refractivity contribution is -0.160. The average Bonchev–Trinajstić information content (AvgIpc) is 4.15. The van der Waals surface area contributed by atoms with Gasteiger partial charge in [0.2, 0.25) is 0 Å². The molecular formula is C62H122O2. The first kappa shape index (κ1) is 61.6. The number of unbranched alkanes of at least 4 members (excludes halogenated alkanes) is 44. The third-order valence-electron chi connectivity index (χ3n) is 16.2. The normalized spacial score (nSPS) is 14.9. The van der Waals surface area contributed by atoms with Gasteiger partial charge in [0.1, 0.15) is 5.78 Å². The minimum Gasteiger partial charge on any atom is -0.389 e. The highest BCUT2D eigenvalue weighted by molar-refractivity contribution is 5.87. The Balaban J connectivity index is 2.89. The number of carbonyl (C=O) groups excluding carboxylic acids is 1. The Hall–Kier alpha value is -0.370. The van der Waals surface area contributed by atoms with Crippen LogP contribution in [0.5, 0.6) is 0 Å². The van der Waals surface area contributed by atoms with E-state index in [1.807, 2.05) is 0 Å². The number of carbonyl (C=O) groups is 1. The van der Waals surface area contributed by atoms with Crippen LogP contribution in [-0.2, 0) is 4.79 Å². The molecule has 382 valence electrons. The summed E-state index contributed by atoms with van der Waals surface area (Å²) in [6, 6.07) is 0. The molecule has 0 bridgehead atoms. The summed E-state index contributed by atoms with van der Waals surface area (Å²) in [7, 11) is 0. The van der Waals surface area contributed by atoms with Gasteiger partial charge in [0.05, 0.1) is 11.0 Å². The van der Waals surface area contributed by atoms with Crippen LogP contribution in [-0.4, -0.2) is 16.5 Å². The first-order chi connectivity index (χ1) is 31.5. The molecule has 2 nitrogen and oxygen atoms in total. The topological polar surface area (TPSA) is 37.3 Å². The van der Waals surface area contributed by atoms with Gasteiger partial charge in [0.15, 0.2) is 0 Å². The van der Waals surface area contributed by atoms with Crippen molar-refractivity contribution in [2.24, 2.45) is 11.3 Å². The fourth-order valence-electron chi connectivity index (χ4n) is 11.7. The van der Waals surface area contributed by atoms with Gasteiger partial charge in [-0.05, 0) is 44.4 Å². The summed E-state index contributed by atoms with van der Waals surface area (Å²) >= 11 is 0. The van der Waals surface area contributed by atoms with Crippen molar-refractivity contribution in [1.29, 1.82) is 0 Å². The molecule has 1 N–H and O–H groups in total. The standard InChI is InChI=1S/C62H122O2/c1-5-9-13-17-21-25-29-31-33-36-40-44-48-52-58-62(59-54-55-59,60(63)53-49-45-41-37-34-27-23-19-15-11-7-3)61(64,56-50-46-42-38-28-24-20-16-12-8-4)57-51-47-43-39-35-32-30-26-22-18-14-10-6-2/h59,64H,5-58H2,1-4H3. The number of hydrogen-bond donors (Lipinski definition) is 1. The highest BCUT2D eigenvalue weighted by Crippen LogP contribution is 2.59. The van der Waals surface area contributed by atoms with Crippen molar-refractivity contribution in [1.82, 2.24) is 0 Å². The van der Waals surface area contributed by atoms with Gasteiger partial charge in [-0.1, -0.05) is 329 Å². The molecule has 64 heavy (non-hydrogen) atoms. The predicted molar refractivity (Wildman–Crippen MR) is 288 cm³/mol. The van der Waals surface area contributed by atoms with Gasteiger partial charge in [0.25, 0.3) is 0 Å². The van der Waals surface area contributed by atoms with E-state index in [4.69, 9.17) is 0 Å². The van der Waals surface area contributed by atoms with Gasteiger partial charge >= 0.3 is 0 Å². The molecule has 2 heteroatoms. The van der Waals surface area contributed by atoms with Crippen LogP contribution in [0.15, 0.2) is 0 Å². The van der Waals surface area contributed by atoms with Crippen LogP contribution in [0.4, 0.5) is 0 Å². The molecule has 0 aromatic carbocycles. The van der Waals surface area contributed by atoms with Crippen LogP contribution in [0.3, 0.4) is 0 Å².